The number of H-pyrrole nitrogens is 1. The molecule has 1 atom stereocenters. The zero-order valence-corrected chi connectivity index (χ0v) is 21.5. The molecule has 1 unspecified atom stereocenters. The number of halogens is 3. The molecule has 10 nitrogen and oxygen atoms in total. The Balaban J connectivity index is 0.000000559. The highest BCUT2D eigenvalue weighted by Gasteiger charge is 2.38. The summed E-state index contributed by atoms with van der Waals surface area (Å²) in [6, 6.07) is 11.3. The van der Waals surface area contributed by atoms with Crippen molar-refractivity contribution in [1.82, 2.24) is 10.2 Å². The highest BCUT2D eigenvalue weighted by atomic mass is 19.4. The van der Waals surface area contributed by atoms with E-state index in [1.54, 1.807) is 25.6 Å². The molecular formula is C27H28F3N3O7. The van der Waals surface area contributed by atoms with E-state index >= 15 is 0 Å². The van der Waals surface area contributed by atoms with Crippen molar-refractivity contribution in [2.75, 3.05) is 38.9 Å². The fourth-order valence-corrected chi connectivity index (χ4v) is 3.61. The molecule has 1 aromatic heterocycles. The molecular weight excluding hydrogens is 535 g/mol. The van der Waals surface area contributed by atoms with Gasteiger partial charge in [-0.25, -0.2) is 4.79 Å². The molecule has 0 radical (unpaired) electrons. The topological polar surface area (TPSA) is 132 Å². The van der Waals surface area contributed by atoms with Crippen LogP contribution in [0.5, 0.6) is 17.2 Å². The molecule has 2 heterocycles. The quantitative estimate of drug-likeness (QED) is 0.243. The predicted molar refractivity (Wildman–Crippen MR) is 139 cm³/mol. The van der Waals surface area contributed by atoms with Gasteiger partial charge in [-0.15, -0.1) is 6.58 Å². The van der Waals surface area contributed by atoms with E-state index in [2.05, 4.69) is 22.1 Å². The van der Waals surface area contributed by atoms with Gasteiger partial charge in [0.05, 0.1) is 38.1 Å². The third kappa shape index (κ3) is 8.50. The van der Waals surface area contributed by atoms with Crippen LogP contribution in [0.2, 0.25) is 0 Å². The number of carbonyl (C=O) groups is 2. The number of fused-ring (bicyclic) bond motifs is 1. The minimum Gasteiger partial charge on any atom is -0.497 e. The summed E-state index contributed by atoms with van der Waals surface area (Å²) in [4.78, 5) is 22.0. The Hall–Kier alpha value is -4.52. The summed E-state index contributed by atoms with van der Waals surface area (Å²) in [5, 5.41) is 16.9. The first kappa shape index (κ1) is 30.0. The highest BCUT2D eigenvalue weighted by molar-refractivity contribution is 5.95. The second-order valence-corrected chi connectivity index (χ2v) is 8.39. The molecule has 0 bridgehead atoms. The number of carboxylic acid groups (broad SMARTS) is 1. The Morgan fingerprint density at radius 2 is 2.00 bits per heavy atom. The second kappa shape index (κ2) is 14.0. The molecule has 1 aliphatic heterocycles. The molecule has 3 N–H and O–H groups in total. The molecule has 1 amide bonds. The van der Waals surface area contributed by atoms with E-state index in [9.17, 15) is 18.0 Å². The number of nitrogens with one attached hydrogen (secondary N) is 2. The summed E-state index contributed by atoms with van der Waals surface area (Å²) < 4.78 is 54.2. The Morgan fingerprint density at radius 1 is 1.23 bits per heavy atom. The summed E-state index contributed by atoms with van der Waals surface area (Å²) in [5.74, 6) is -1.14. The normalized spacial score (nSPS) is 14.1. The van der Waals surface area contributed by atoms with Gasteiger partial charge in [-0.05, 0) is 47.9 Å². The van der Waals surface area contributed by atoms with Gasteiger partial charge in [-0.1, -0.05) is 12.1 Å². The van der Waals surface area contributed by atoms with E-state index < -0.39 is 12.1 Å². The number of hydrogen-bond donors (Lipinski definition) is 3. The molecule has 13 heteroatoms. The fraction of sp³-hybridized carbons (Fsp3) is 0.296. The number of carbonyl (C=O) groups excluding carboxylic acids is 1. The van der Waals surface area contributed by atoms with E-state index in [4.69, 9.17) is 28.8 Å². The van der Waals surface area contributed by atoms with Crippen molar-refractivity contribution in [2.45, 2.75) is 12.6 Å². The van der Waals surface area contributed by atoms with Gasteiger partial charge in [0.25, 0.3) is 0 Å². The molecule has 0 saturated carbocycles. The smallest absolute Gasteiger partial charge is 0.490 e. The highest BCUT2D eigenvalue weighted by Crippen LogP contribution is 2.34. The van der Waals surface area contributed by atoms with Crippen molar-refractivity contribution >= 4 is 17.6 Å². The summed E-state index contributed by atoms with van der Waals surface area (Å²) >= 11 is 0. The van der Waals surface area contributed by atoms with Crippen LogP contribution in [0.4, 0.5) is 18.9 Å². The summed E-state index contributed by atoms with van der Waals surface area (Å²) in [5.41, 5.74) is 3.39. The maximum Gasteiger partial charge on any atom is 0.490 e. The number of methoxy groups -OCH3 is 1. The lowest BCUT2D eigenvalue weighted by molar-refractivity contribution is -0.192. The van der Waals surface area contributed by atoms with Gasteiger partial charge >= 0.3 is 12.1 Å². The summed E-state index contributed by atoms with van der Waals surface area (Å²) in [7, 11) is 1.62. The third-order valence-electron chi connectivity index (χ3n) is 5.58. The predicted octanol–water partition coefficient (Wildman–Crippen LogP) is 4.49. The standard InChI is InChI=1S/C25H27N3O5.C2HF3O2/c1-3-8-31-9-10-32-24-13-17(20-14-26-27-15-20)4-6-22(24)28-25(29)19-11-18-12-21(30-2)5-7-23(18)33-16-19;3-2(4,5)1(6)7/h3-7,12-15,19H,1,8-11,16H2,2H3,(H,26,27)(H,28,29);(H,6,7). The number of nitrogens with zero attached hydrogens (tertiary/aromatic N) is 1. The van der Waals surface area contributed by atoms with Crippen molar-refractivity contribution in [3.05, 3.63) is 67.0 Å². The Bertz CT molecular complexity index is 1300. The van der Waals surface area contributed by atoms with Crippen LogP contribution >= 0.6 is 0 Å². The number of benzene rings is 2. The van der Waals surface area contributed by atoms with Gasteiger partial charge in [0.15, 0.2) is 0 Å². The summed E-state index contributed by atoms with van der Waals surface area (Å²) in [6.07, 6.45) is 0.702. The average Bonchev–Trinajstić information content (AvgIpc) is 3.48. The first-order valence-corrected chi connectivity index (χ1v) is 12.0. The van der Waals surface area contributed by atoms with E-state index in [0.717, 1.165) is 28.2 Å². The number of aromatic amines is 1. The third-order valence-corrected chi connectivity index (χ3v) is 5.58. The summed E-state index contributed by atoms with van der Waals surface area (Å²) in [6.45, 7) is 5.14. The molecule has 0 saturated heterocycles. The molecule has 4 rings (SSSR count). The van der Waals surface area contributed by atoms with Crippen LogP contribution in [0.1, 0.15) is 5.56 Å². The van der Waals surface area contributed by atoms with Crippen LogP contribution in [0, 0.1) is 5.92 Å². The van der Waals surface area contributed by atoms with Gasteiger partial charge in [0, 0.05) is 11.8 Å². The van der Waals surface area contributed by atoms with Crippen LogP contribution in [-0.2, 0) is 20.7 Å². The number of hydrogen-bond acceptors (Lipinski definition) is 7. The number of aliphatic carboxylic acids is 1. The average molecular weight is 564 g/mol. The molecule has 0 fully saturated rings. The first-order chi connectivity index (χ1) is 19.1. The van der Waals surface area contributed by atoms with Crippen LogP contribution in [0.15, 0.2) is 61.4 Å². The largest absolute Gasteiger partial charge is 0.497 e. The van der Waals surface area contributed by atoms with Gasteiger partial charge in [0.1, 0.15) is 30.5 Å². The number of anilines is 1. The maximum absolute atomic E-state index is 13.1. The lowest BCUT2D eigenvalue weighted by Crippen LogP contribution is -2.32. The SMILES string of the molecule is C=CCOCCOc1cc(-c2cn[nH]c2)ccc1NC(=O)C1COc2ccc(OC)cc2C1.O=C(O)C(F)(F)F. The molecule has 214 valence electrons. The second-order valence-electron chi connectivity index (χ2n) is 8.39. The number of alkyl halides is 3. The van der Waals surface area contributed by atoms with Gasteiger partial charge in [-0.3, -0.25) is 9.89 Å². The maximum atomic E-state index is 13.1. The number of amides is 1. The minimum absolute atomic E-state index is 0.132. The van der Waals surface area contributed by atoms with E-state index in [1.807, 2.05) is 36.4 Å². The van der Waals surface area contributed by atoms with Crippen molar-refractivity contribution in [3.8, 4) is 28.4 Å². The van der Waals surface area contributed by atoms with Crippen LogP contribution in [0.3, 0.4) is 0 Å². The molecule has 2 aromatic carbocycles. The molecule has 3 aromatic rings. The van der Waals surface area contributed by atoms with Crippen molar-refractivity contribution < 1.29 is 46.8 Å². The monoisotopic (exact) mass is 563 g/mol. The van der Waals surface area contributed by atoms with Gasteiger partial charge < -0.3 is 29.4 Å². The van der Waals surface area contributed by atoms with Crippen molar-refractivity contribution in [3.63, 3.8) is 0 Å². The Morgan fingerprint density at radius 3 is 2.65 bits per heavy atom. The van der Waals surface area contributed by atoms with Crippen LogP contribution < -0.4 is 19.5 Å². The Kier molecular flexibility index (Phi) is 10.5. The molecule has 0 spiro atoms. The van der Waals surface area contributed by atoms with Gasteiger partial charge in [-0.2, -0.15) is 18.3 Å². The molecule has 0 aliphatic carbocycles. The number of aromatic nitrogens is 2. The zero-order valence-electron chi connectivity index (χ0n) is 21.5. The van der Waals surface area contributed by atoms with E-state index in [-0.39, 0.29) is 11.8 Å². The van der Waals surface area contributed by atoms with Gasteiger partial charge in [0.2, 0.25) is 5.91 Å². The lowest BCUT2D eigenvalue weighted by Gasteiger charge is -2.25. The number of carboxylic acids is 1. The lowest BCUT2D eigenvalue weighted by atomic mass is 9.95. The van der Waals surface area contributed by atoms with E-state index in [1.165, 1.54) is 0 Å². The minimum atomic E-state index is -5.08. The Labute approximate surface area is 227 Å². The molecule has 1 aliphatic rings. The van der Waals surface area contributed by atoms with Crippen molar-refractivity contribution in [1.29, 1.82) is 0 Å². The van der Waals surface area contributed by atoms with Crippen LogP contribution in [-0.4, -0.2) is 66.9 Å². The van der Waals surface area contributed by atoms with Crippen LogP contribution in [0.25, 0.3) is 11.1 Å². The number of rotatable bonds is 10. The van der Waals surface area contributed by atoms with Crippen molar-refractivity contribution in [2.24, 2.45) is 5.92 Å². The first-order valence-electron chi connectivity index (χ1n) is 12.0. The zero-order chi connectivity index (χ0) is 29.1. The van der Waals surface area contributed by atoms with E-state index in [0.29, 0.717) is 44.3 Å². The fourth-order valence-electron chi connectivity index (χ4n) is 3.61. The number of ether oxygens (including phenoxy) is 4. The molecule has 40 heavy (non-hydrogen) atoms.